The summed E-state index contributed by atoms with van der Waals surface area (Å²) in [6, 6.07) is 5.60. The molecule has 132 valence electrons. The lowest BCUT2D eigenvalue weighted by molar-refractivity contribution is 0.102. The van der Waals surface area contributed by atoms with Gasteiger partial charge in [-0.1, -0.05) is 6.07 Å². The Bertz CT molecular complexity index is 764. The van der Waals surface area contributed by atoms with E-state index >= 15 is 0 Å². The summed E-state index contributed by atoms with van der Waals surface area (Å²) < 4.78 is 13.3. The average molecular weight is 343 g/mol. The van der Waals surface area contributed by atoms with Gasteiger partial charge >= 0.3 is 0 Å². The topological polar surface area (TPSA) is 61.4 Å². The van der Waals surface area contributed by atoms with Gasteiger partial charge in [0.2, 0.25) is 5.95 Å². The number of anilines is 2. The summed E-state index contributed by atoms with van der Waals surface area (Å²) in [6.45, 7) is 7.39. The molecule has 0 spiro atoms. The Morgan fingerprint density at radius 2 is 1.76 bits per heavy atom. The van der Waals surface area contributed by atoms with Gasteiger partial charge in [0.05, 0.1) is 17.1 Å². The second kappa shape index (κ2) is 7.14. The van der Waals surface area contributed by atoms with Crippen LogP contribution in [0.15, 0.2) is 24.3 Å². The second-order valence-electron chi connectivity index (χ2n) is 6.32. The summed E-state index contributed by atoms with van der Waals surface area (Å²) in [5.74, 6) is -0.128. The Morgan fingerprint density at radius 1 is 1.12 bits per heavy atom. The van der Waals surface area contributed by atoms with E-state index in [9.17, 15) is 9.18 Å². The lowest BCUT2D eigenvalue weighted by Gasteiger charge is -2.32. The quantitative estimate of drug-likeness (QED) is 0.926. The lowest BCUT2D eigenvalue weighted by Crippen LogP contribution is -2.45. The third kappa shape index (κ3) is 3.93. The fourth-order valence-corrected chi connectivity index (χ4v) is 2.84. The Morgan fingerprint density at radius 3 is 2.36 bits per heavy atom. The standard InChI is InChI=1S/C18H22FN5O/c1-12-16(22-17(25)14-5-4-6-15(19)11-14)13(2)21-18(20-12)24-9-7-23(3)8-10-24/h4-6,11H,7-10H2,1-3H3,(H,22,25). The molecule has 1 aliphatic rings. The van der Waals surface area contributed by atoms with Crippen LogP contribution in [0.2, 0.25) is 0 Å². The monoisotopic (exact) mass is 343 g/mol. The van der Waals surface area contributed by atoms with E-state index in [1.807, 2.05) is 13.8 Å². The highest BCUT2D eigenvalue weighted by Crippen LogP contribution is 2.22. The number of amides is 1. The van der Waals surface area contributed by atoms with Gasteiger partial charge in [0, 0.05) is 31.7 Å². The number of aromatic nitrogens is 2. The molecule has 2 heterocycles. The first-order valence-electron chi connectivity index (χ1n) is 8.29. The molecule has 1 aromatic heterocycles. The van der Waals surface area contributed by atoms with Gasteiger partial charge < -0.3 is 15.1 Å². The molecule has 1 aliphatic heterocycles. The van der Waals surface area contributed by atoms with Gasteiger partial charge in [-0.25, -0.2) is 14.4 Å². The summed E-state index contributed by atoms with van der Waals surface area (Å²) >= 11 is 0. The van der Waals surface area contributed by atoms with E-state index in [0.717, 1.165) is 26.2 Å². The van der Waals surface area contributed by atoms with E-state index in [4.69, 9.17) is 0 Å². The Balaban J connectivity index is 1.79. The number of hydrogen-bond acceptors (Lipinski definition) is 5. The summed E-state index contributed by atoms with van der Waals surface area (Å²) in [5.41, 5.74) is 2.24. The highest BCUT2D eigenvalue weighted by Gasteiger charge is 2.19. The molecular formula is C18H22FN5O. The molecule has 1 saturated heterocycles. The molecule has 1 N–H and O–H groups in total. The first kappa shape index (κ1) is 17.3. The molecule has 25 heavy (non-hydrogen) atoms. The summed E-state index contributed by atoms with van der Waals surface area (Å²) in [7, 11) is 2.10. The van der Waals surface area contributed by atoms with Crippen molar-refractivity contribution in [1.29, 1.82) is 0 Å². The van der Waals surface area contributed by atoms with Crippen molar-refractivity contribution in [3.63, 3.8) is 0 Å². The van der Waals surface area contributed by atoms with Crippen molar-refractivity contribution in [2.45, 2.75) is 13.8 Å². The minimum absolute atomic E-state index is 0.266. The van der Waals surface area contributed by atoms with Crippen molar-refractivity contribution in [3.05, 3.63) is 47.0 Å². The molecule has 1 fully saturated rings. The summed E-state index contributed by atoms with van der Waals surface area (Å²) in [6.07, 6.45) is 0. The number of piperazine rings is 1. The maximum Gasteiger partial charge on any atom is 0.255 e. The molecule has 7 heteroatoms. The zero-order chi connectivity index (χ0) is 18.0. The van der Waals surface area contributed by atoms with Crippen molar-refractivity contribution in [3.8, 4) is 0 Å². The molecule has 0 saturated carbocycles. The molecule has 6 nitrogen and oxygen atoms in total. The maximum absolute atomic E-state index is 13.3. The van der Waals surface area contributed by atoms with Gasteiger partial charge in [0.15, 0.2) is 0 Å². The van der Waals surface area contributed by atoms with Crippen LogP contribution < -0.4 is 10.2 Å². The number of carbonyl (C=O) groups excluding carboxylic acids is 1. The minimum atomic E-state index is -0.442. The van der Waals surface area contributed by atoms with Crippen LogP contribution in [-0.4, -0.2) is 54.0 Å². The number of aryl methyl sites for hydroxylation is 2. The number of likely N-dealkylation sites (N-methyl/N-ethyl adjacent to an activating group) is 1. The van der Waals surface area contributed by atoms with Gasteiger partial charge in [0.25, 0.3) is 5.91 Å². The Labute approximate surface area is 146 Å². The fraction of sp³-hybridized carbons (Fsp3) is 0.389. The van der Waals surface area contributed by atoms with Crippen molar-refractivity contribution in [2.24, 2.45) is 0 Å². The van der Waals surface area contributed by atoms with Crippen LogP contribution in [0, 0.1) is 19.7 Å². The molecule has 1 aromatic carbocycles. The molecule has 0 unspecified atom stereocenters. The zero-order valence-electron chi connectivity index (χ0n) is 14.7. The second-order valence-corrected chi connectivity index (χ2v) is 6.32. The van der Waals surface area contributed by atoms with Crippen LogP contribution in [0.3, 0.4) is 0 Å². The number of hydrogen-bond donors (Lipinski definition) is 1. The summed E-state index contributed by atoms with van der Waals surface area (Å²) in [5, 5.41) is 2.80. The molecule has 1 amide bonds. The molecule has 3 rings (SSSR count). The predicted octanol–water partition coefficient (Wildman–Crippen LogP) is 2.24. The first-order chi connectivity index (χ1) is 11.9. The largest absolute Gasteiger partial charge is 0.338 e. The van der Waals surface area contributed by atoms with Crippen molar-refractivity contribution in [1.82, 2.24) is 14.9 Å². The molecule has 0 radical (unpaired) electrons. The number of nitrogens with one attached hydrogen (secondary N) is 1. The fourth-order valence-electron chi connectivity index (χ4n) is 2.84. The van der Waals surface area contributed by atoms with Crippen LogP contribution in [0.1, 0.15) is 21.7 Å². The van der Waals surface area contributed by atoms with Gasteiger partial charge in [-0.2, -0.15) is 0 Å². The first-order valence-corrected chi connectivity index (χ1v) is 8.29. The van der Waals surface area contributed by atoms with Crippen LogP contribution in [0.25, 0.3) is 0 Å². The van der Waals surface area contributed by atoms with Crippen molar-refractivity contribution < 1.29 is 9.18 Å². The van der Waals surface area contributed by atoms with Gasteiger partial charge in [-0.3, -0.25) is 4.79 Å². The van der Waals surface area contributed by atoms with Crippen LogP contribution in [0.4, 0.5) is 16.0 Å². The molecule has 0 aliphatic carbocycles. The van der Waals surface area contributed by atoms with Crippen molar-refractivity contribution >= 4 is 17.5 Å². The highest BCUT2D eigenvalue weighted by atomic mass is 19.1. The normalized spacial score (nSPS) is 15.3. The van der Waals surface area contributed by atoms with Crippen LogP contribution in [0.5, 0.6) is 0 Å². The van der Waals surface area contributed by atoms with Gasteiger partial charge in [-0.15, -0.1) is 0 Å². The zero-order valence-corrected chi connectivity index (χ0v) is 14.7. The van der Waals surface area contributed by atoms with Crippen molar-refractivity contribution in [2.75, 3.05) is 43.4 Å². The van der Waals surface area contributed by atoms with Gasteiger partial charge in [0.1, 0.15) is 5.82 Å². The molecule has 2 aromatic rings. The Hall–Kier alpha value is -2.54. The lowest BCUT2D eigenvalue weighted by atomic mass is 10.2. The number of benzene rings is 1. The number of nitrogens with zero attached hydrogens (tertiary/aromatic N) is 4. The third-order valence-corrected chi connectivity index (χ3v) is 4.37. The SMILES string of the molecule is Cc1nc(N2CCN(C)CC2)nc(C)c1NC(=O)c1cccc(F)c1. The average Bonchev–Trinajstić information content (AvgIpc) is 2.58. The number of halogens is 1. The van der Waals surface area contributed by atoms with Gasteiger partial charge in [-0.05, 0) is 39.1 Å². The molecule has 0 bridgehead atoms. The predicted molar refractivity (Wildman–Crippen MR) is 95.6 cm³/mol. The van der Waals surface area contributed by atoms with E-state index in [0.29, 0.717) is 23.0 Å². The Kier molecular flexibility index (Phi) is 4.94. The molecular weight excluding hydrogens is 321 g/mol. The van der Waals surface area contributed by atoms with Crippen LogP contribution in [-0.2, 0) is 0 Å². The minimum Gasteiger partial charge on any atom is -0.338 e. The number of rotatable bonds is 3. The van der Waals surface area contributed by atoms with E-state index in [2.05, 4.69) is 32.1 Å². The van der Waals surface area contributed by atoms with E-state index in [1.54, 1.807) is 6.07 Å². The third-order valence-electron chi connectivity index (χ3n) is 4.37. The summed E-state index contributed by atoms with van der Waals surface area (Å²) in [4.78, 5) is 25.9. The van der Waals surface area contributed by atoms with E-state index in [-0.39, 0.29) is 11.5 Å². The maximum atomic E-state index is 13.3. The molecule has 0 atom stereocenters. The van der Waals surface area contributed by atoms with E-state index < -0.39 is 5.82 Å². The van der Waals surface area contributed by atoms with E-state index in [1.165, 1.54) is 18.2 Å². The van der Waals surface area contributed by atoms with Crippen LogP contribution >= 0.6 is 0 Å². The number of carbonyl (C=O) groups is 1. The highest BCUT2D eigenvalue weighted by molar-refractivity contribution is 6.04. The smallest absolute Gasteiger partial charge is 0.255 e.